The molecule has 9 nitrogen and oxygen atoms in total. The molecule has 0 spiro atoms. The average molecular weight is 474 g/mol. The molecule has 1 fully saturated rings. The van der Waals surface area contributed by atoms with Crippen LogP contribution in [0.3, 0.4) is 0 Å². The fourth-order valence-corrected chi connectivity index (χ4v) is 3.96. The Hall–Kier alpha value is -3.33. The topological polar surface area (TPSA) is 116 Å². The average Bonchev–Trinajstić information content (AvgIpc) is 3.34. The molecule has 2 N–H and O–H groups in total. The standard InChI is InChI=1S/C23H24ClN3O6/c1-23(2)11-32-19-13(23)9-14(27-20(19)24)15(28)10-26-21(29)12-4-5-16(18(8-12)31-3)33-17-6-7-25-22(17)30/h4-5,8-9,17H,6-7,10-11H2,1-3H3,(H,25,30)(H,26,29). The smallest absolute Gasteiger partial charge is 0.261 e. The van der Waals surface area contributed by atoms with Gasteiger partial charge in [-0.15, -0.1) is 0 Å². The van der Waals surface area contributed by atoms with Crippen molar-refractivity contribution in [2.24, 2.45) is 0 Å². The molecule has 2 aliphatic heterocycles. The summed E-state index contributed by atoms with van der Waals surface area (Å²) in [5.74, 6) is 0.119. The summed E-state index contributed by atoms with van der Waals surface area (Å²) in [4.78, 5) is 41.2. The molecule has 10 heteroatoms. The number of benzene rings is 1. The summed E-state index contributed by atoms with van der Waals surface area (Å²) < 4.78 is 16.6. The lowest BCUT2D eigenvalue weighted by Gasteiger charge is -2.16. The van der Waals surface area contributed by atoms with Crippen LogP contribution in [-0.2, 0) is 10.2 Å². The van der Waals surface area contributed by atoms with Gasteiger partial charge >= 0.3 is 0 Å². The molecule has 0 saturated carbocycles. The quantitative estimate of drug-likeness (QED) is 0.468. The van der Waals surface area contributed by atoms with Gasteiger partial charge in [-0.2, -0.15) is 0 Å². The Morgan fingerprint density at radius 3 is 2.79 bits per heavy atom. The molecule has 174 valence electrons. The number of rotatable bonds is 7. The fraction of sp³-hybridized carbons (Fsp3) is 0.391. The highest BCUT2D eigenvalue weighted by molar-refractivity contribution is 6.31. The van der Waals surface area contributed by atoms with E-state index in [1.54, 1.807) is 12.1 Å². The van der Waals surface area contributed by atoms with E-state index in [-0.39, 0.29) is 40.1 Å². The number of ether oxygens (including phenoxy) is 3. The molecule has 1 saturated heterocycles. The second-order valence-corrected chi connectivity index (χ2v) is 8.86. The maximum atomic E-state index is 12.7. The van der Waals surface area contributed by atoms with Crippen LogP contribution in [0.1, 0.15) is 46.7 Å². The summed E-state index contributed by atoms with van der Waals surface area (Å²) in [6, 6.07) is 6.25. The van der Waals surface area contributed by atoms with E-state index in [2.05, 4.69) is 15.6 Å². The third kappa shape index (κ3) is 4.59. The van der Waals surface area contributed by atoms with Gasteiger partial charge in [0.25, 0.3) is 11.8 Å². The molecule has 2 aromatic rings. The number of ketones is 1. The van der Waals surface area contributed by atoms with Crippen molar-refractivity contribution < 1.29 is 28.6 Å². The Balaban J connectivity index is 1.43. The van der Waals surface area contributed by atoms with E-state index in [0.717, 1.165) is 5.56 Å². The zero-order chi connectivity index (χ0) is 23.8. The Morgan fingerprint density at radius 1 is 1.30 bits per heavy atom. The van der Waals surface area contributed by atoms with Gasteiger partial charge < -0.3 is 24.8 Å². The fourth-order valence-electron chi connectivity index (χ4n) is 3.71. The van der Waals surface area contributed by atoms with Crippen molar-refractivity contribution in [3.63, 3.8) is 0 Å². The summed E-state index contributed by atoms with van der Waals surface area (Å²) in [5.41, 5.74) is 0.958. The first-order chi connectivity index (χ1) is 15.7. The molecule has 1 aromatic carbocycles. The zero-order valence-electron chi connectivity index (χ0n) is 18.5. The molecule has 0 bridgehead atoms. The maximum absolute atomic E-state index is 12.7. The number of amides is 2. The first kappa shape index (κ1) is 22.8. The minimum absolute atomic E-state index is 0.129. The number of nitrogens with zero attached hydrogens (tertiary/aromatic N) is 1. The van der Waals surface area contributed by atoms with Crippen molar-refractivity contribution in [2.45, 2.75) is 31.8 Å². The minimum Gasteiger partial charge on any atom is -0.493 e. The van der Waals surface area contributed by atoms with Crippen molar-refractivity contribution in [1.29, 1.82) is 0 Å². The zero-order valence-corrected chi connectivity index (χ0v) is 19.2. The van der Waals surface area contributed by atoms with Gasteiger partial charge in [-0.3, -0.25) is 14.4 Å². The second kappa shape index (κ2) is 8.90. The molecular weight excluding hydrogens is 450 g/mol. The normalized spacial score (nSPS) is 18.2. The summed E-state index contributed by atoms with van der Waals surface area (Å²) in [6.45, 7) is 4.72. The summed E-state index contributed by atoms with van der Waals surface area (Å²) in [7, 11) is 1.44. The van der Waals surface area contributed by atoms with Gasteiger partial charge in [0.05, 0.1) is 20.3 Å². The Labute approximate surface area is 195 Å². The van der Waals surface area contributed by atoms with Crippen LogP contribution in [0.25, 0.3) is 0 Å². The predicted octanol–water partition coefficient (Wildman–Crippen LogP) is 2.29. The lowest BCUT2D eigenvalue weighted by atomic mass is 9.87. The highest BCUT2D eigenvalue weighted by Gasteiger charge is 2.35. The van der Waals surface area contributed by atoms with Crippen LogP contribution in [0.5, 0.6) is 17.2 Å². The number of fused-ring (bicyclic) bond motifs is 1. The van der Waals surface area contributed by atoms with Crippen LogP contribution in [-0.4, -0.2) is 55.5 Å². The third-order valence-corrected chi connectivity index (χ3v) is 5.88. The van der Waals surface area contributed by atoms with Crippen LogP contribution < -0.4 is 24.8 Å². The van der Waals surface area contributed by atoms with Gasteiger partial charge in [-0.25, -0.2) is 4.98 Å². The molecule has 1 aromatic heterocycles. The number of pyridine rings is 1. The van der Waals surface area contributed by atoms with E-state index in [1.807, 2.05) is 13.8 Å². The molecule has 2 aliphatic rings. The van der Waals surface area contributed by atoms with E-state index in [4.69, 9.17) is 25.8 Å². The molecular formula is C23H24ClN3O6. The monoisotopic (exact) mass is 473 g/mol. The number of nitrogens with one attached hydrogen (secondary N) is 2. The van der Waals surface area contributed by atoms with Crippen LogP contribution in [0.15, 0.2) is 24.3 Å². The van der Waals surface area contributed by atoms with Crippen molar-refractivity contribution in [3.05, 3.63) is 46.2 Å². The van der Waals surface area contributed by atoms with E-state index >= 15 is 0 Å². The lowest BCUT2D eigenvalue weighted by molar-refractivity contribution is -0.124. The van der Waals surface area contributed by atoms with Crippen LogP contribution in [0.4, 0.5) is 0 Å². The van der Waals surface area contributed by atoms with Gasteiger partial charge in [0.15, 0.2) is 34.3 Å². The van der Waals surface area contributed by atoms with Crippen LogP contribution in [0.2, 0.25) is 5.15 Å². The Bertz CT molecular complexity index is 1130. The Morgan fingerprint density at radius 2 is 2.09 bits per heavy atom. The first-order valence-corrected chi connectivity index (χ1v) is 10.8. The summed E-state index contributed by atoms with van der Waals surface area (Å²) in [6.07, 6.45) is -0.0469. The van der Waals surface area contributed by atoms with E-state index < -0.39 is 12.0 Å². The number of carbonyl (C=O) groups is 3. The maximum Gasteiger partial charge on any atom is 0.261 e. The molecule has 33 heavy (non-hydrogen) atoms. The number of Topliss-reactive ketones (excluding diaryl/α,β-unsaturated/α-hetero) is 1. The molecule has 4 rings (SSSR count). The van der Waals surface area contributed by atoms with Crippen molar-refractivity contribution in [2.75, 3.05) is 26.8 Å². The van der Waals surface area contributed by atoms with Crippen LogP contribution in [0, 0.1) is 0 Å². The van der Waals surface area contributed by atoms with E-state index in [1.165, 1.54) is 19.2 Å². The number of carbonyl (C=O) groups excluding carboxylic acids is 3. The summed E-state index contributed by atoms with van der Waals surface area (Å²) >= 11 is 6.20. The molecule has 1 unspecified atom stereocenters. The SMILES string of the molecule is COc1cc(C(=O)NCC(=O)c2cc3c(c(Cl)n2)OCC3(C)C)ccc1OC1CCNC1=O. The second-order valence-electron chi connectivity index (χ2n) is 8.51. The van der Waals surface area contributed by atoms with Crippen molar-refractivity contribution in [3.8, 4) is 17.2 Å². The highest BCUT2D eigenvalue weighted by Crippen LogP contribution is 2.42. The largest absolute Gasteiger partial charge is 0.493 e. The molecule has 1 atom stereocenters. The van der Waals surface area contributed by atoms with Crippen LogP contribution >= 0.6 is 11.6 Å². The lowest BCUT2D eigenvalue weighted by Crippen LogP contribution is -2.30. The molecule has 3 heterocycles. The van der Waals surface area contributed by atoms with Crippen molar-refractivity contribution >= 4 is 29.2 Å². The molecule has 0 radical (unpaired) electrons. The van der Waals surface area contributed by atoms with Gasteiger partial charge in [0.1, 0.15) is 5.69 Å². The number of methoxy groups -OCH3 is 1. The number of halogens is 1. The minimum atomic E-state index is -0.599. The third-order valence-electron chi connectivity index (χ3n) is 5.63. The van der Waals surface area contributed by atoms with E-state index in [0.29, 0.717) is 36.8 Å². The van der Waals surface area contributed by atoms with Crippen molar-refractivity contribution in [1.82, 2.24) is 15.6 Å². The molecule has 2 amide bonds. The van der Waals surface area contributed by atoms with Gasteiger partial charge in [0, 0.05) is 29.5 Å². The summed E-state index contributed by atoms with van der Waals surface area (Å²) in [5, 5.41) is 5.42. The number of hydrogen-bond acceptors (Lipinski definition) is 7. The first-order valence-electron chi connectivity index (χ1n) is 10.5. The Kier molecular flexibility index (Phi) is 6.16. The molecule has 0 aliphatic carbocycles. The highest BCUT2D eigenvalue weighted by atomic mass is 35.5. The van der Waals surface area contributed by atoms with Gasteiger partial charge in [-0.1, -0.05) is 25.4 Å². The predicted molar refractivity (Wildman–Crippen MR) is 119 cm³/mol. The van der Waals surface area contributed by atoms with E-state index in [9.17, 15) is 14.4 Å². The number of aromatic nitrogens is 1. The van der Waals surface area contributed by atoms with Gasteiger partial charge in [-0.05, 0) is 24.3 Å². The number of hydrogen-bond donors (Lipinski definition) is 2. The van der Waals surface area contributed by atoms with Gasteiger partial charge in [0.2, 0.25) is 0 Å².